The molecule has 22 heavy (non-hydrogen) atoms. The smallest absolute Gasteiger partial charge is 0.144 e. The van der Waals surface area contributed by atoms with Gasteiger partial charge >= 0.3 is 0 Å². The number of hydrogen-bond donors (Lipinski definition) is 0. The van der Waals surface area contributed by atoms with Gasteiger partial charge in [-0.25, -0.2) is 9.07 Å². The fraction of sp³-hybridized carbons (Fsp3) is 0.125. The number of benzene rings is 2. The average Bonchev–Trinajstić information content (AvgIpc) is 2.99. The second-order valence-corrected chi connectivity index (χ2v) is 4.88. The Morgan fingerprint density at radius 1 is 1.14 bits per heavy atom. The second-order valence-electron chi connectivity index (χ2n) is 4.61. The standard InChI is InChI=1S/C16H13ClFN3O/c1-22-15-5-3-2-4-14(15)21-16(13(10-17)19-20-21)11-6-8-12(18)9-7-11/h2-9H,10H2,1H3. The highest BCUT2D eigenvalue weighted by Gasteiger charge is 2.17. The Labute approximate surface area is 132 Å². The Hall–Kier alpha value is -2.40. The number of aromatic nitrogens is 3. The first kappa shape index (κ1) is 14.5. The van der Waals surface area contributed by atoms with Crippen LogP contribution in [0.4, 0.5) is 4.39 Å². The van der Waals surface area contributed by atoms with E-state index in [-0.39, 0.29) is 11.7 Å². The SMILES string of the molecule is COc1ccccc1-n1nnc(CCl)c1-c1ccc(F)cc1. The van der Waals surface area contributed by atoms with Crippen LogP contribution in [0.1, 0.15) is 5.69 Å². The van der Waals surface area contributed by atoms with Crippen LogP contribution in [0.5, 0.6) is 5.75 Å². The van der Waals surface area contributed by atoms with Crippen molar-refractivity contribution in [2.24, 2.45) is 0 Å². The van der Waals surface area contributed by atoms with Crippen molar-refractivity contribution in [3.63, 3.8) is 0 Å². The van der Waals surface area contributed by atoms with Crippen molar-refractivity contribution in [3.05, 3.63) is 60.0 Å². The van der Waals surface area contributed by atoms with E-state index in [1.165, 1.54) is 12.1 Å². The van der Waals surface area contributed by atoms with E-state index in [1.807, 2.05) is 24.3 Å². The third kappa shape index (κ3) is 2.55. The zero-order chi connectivity index (χ0) is 15.5. The first-order valence-electron chi connectivity index (χ1n) is 6.64. The quantitative estimate of drug-likeness (QED) is 0.687. The number of nitrogens with zero attached hydrogens (tertiary/aromatic N) is 3. The van der Waals surface area contributed by atoms with Crippen LogP contribution < -0.4 is 4.74 Å². The van der Waals surface area contributed by atoms with Gasteiger partial charge in [0.25, 0.3) is 0 Å². The topological polar surface area (TPSA) is 39.9 Å². The fourth-order valence-electron chi connectivity index (χ4n) is 2.27. The Balaban J connectivity index is 2.21. The third-order valence-corrected chi connectivity index (χ3v) is 3.55. The molecule has 112 valence electrons. The largest absolute Gasteiger partial charge is 0.494 e. The fourth-order valence-corrected chi connectivity index (χ4v) is 2.45. The van der Waals surface area contributed by atoms with Gasteiger partial charge in [0, 0.05) is 5.56 Å². The van der Waals surface area contributed by atoms with E-state index >= 15 is 0 Å². The Morgan fingerprint density at radius 2 is 1.86 bits per heavy atom. The molecule has 0 atom stereocenters. The highest BCUT2D eigenvalue weighted by atomic mass is 35.5. The van der Waals surface area contributed by atoms with Gasteiger partial charge in [0.1, 0.15) is 22.9 Å². The van der Waals surface area contributed by atoms with Crippen LogP contribution in [0.2, 0.25) is 0 Å². The number of ether oxygens (including phenoxy) is 1. The molecule has 0 N–H and O–H groups in total. The van der Waals surface area contributed by atoms with Gasteiger partial charge in [-0.15, -0.1) is 16.7 Å². The molecular weight excluding hydrogens is 305 g/mol. The third-order valence-electron chi connectivity index (χ3n) is 3.30. The molecule has 2 aromatic carbocycles. The van der Waals surface area contributed by atoms with Crippen LogP contribution in [0.25, 0.3) is 16.9 Å². The molecule has 0 radical (unpaired) electrons. The lowest BCUT2D eigenvalue weighted by Gasteiger charge is -2.11. The van der Waals surface area contributed by atoms with Crippen molar-refractivity contribution in [1.29, 1.82) is 0 Å². The normalized spacial score (nSPS) is 10.7. The van der Waals surface area contributed by atoms with E-state index in [0.29, 0.717) is 11.4 Å². The minimum atomic E-state index is -0.299. The molecule has 0 bridgehead atoms. The van der Waals surface area contributed by atoms with Gasteiger partial charge in [-0.05, 0) is 36.4 Å². The Kier molecular flexibility index (Phi) is 4.06. The predicted molar refractivity (Wildman–Crippen MR) is 82.9 cm³/mol. The van der Waals surface area contributed by atoms with Gasteiger partial charge in [0.2, 0.25) is 0 Å². The zero-order valence-electron chi connectivity index (χ0n) is 11.8. The van der Waals surface area contributed by atoms with Crippen LogP contribution in [0.3, 0.4) is 0 Å². The second kappa shape index (κ2) is 6.15. The van der Waals surface area contributed by atoms with E-state index in [4.69, 9.17) is 16.3 Å². The first-order valence-corrected chi connectivity index (χ1v) is 7.18. The molecule has 4 nitrogen and oxygen atoms in total. The summed E-state index contributed by atoms with van der Waals surface area (Å²) in [5.74, 6) is 0.575. The zero-order valence-corrected chi connectivity index (χ0v) is 12.6. The van der Waals surface area contributed by atoms with Crippen molar-refractivity contribution in [1.82, 2.24) is 15.0 Å². The van der Waals surface area contributed by atoms with Crippen molar-refractivity contribution in [2.75, 3.05) is 7.11 Å². The summed E-state index contributed by atoms with van der Waals surface area (Å²) < 4.78 is 20.2. The summed E-state index contributed by atoms with van der Waals surface area (Å²) in [4.78, 5) is 0. The number of alkyl halides is 1. The summed E-state index contributed by atoms with van der Waals surface area (Å²) in [5.41, 5.74) is 2.87. The van der Waals surface area contributed by atoms with Crippen molar-refractivity contribution in [2.45, 2.75) is 5.88 Å². The van der Waals surface area contributed by atoms with Crippen molar-refractivity contribution >= 4 is 11.6 Å². The van der Waals surface area contributed by atoms with Crippen LogP contribution in [-0.4, -0.2) is 22.1 Å². The summed E-state index contributed by atoms with van der Waals surface area (Å²) in [6.45, 7) is 0. The minimum absolute atomic E-state index is 0.210. The highest BCUT2D eigenvalue weighted by molar-refractivity contribution is 6.17. The lowest BCUT2D eigenvalue weighted by Crippen LogP contribution is -2.02. The van der Waals surface area contributed by atoms with Gasteiger partial charge in [-0.1, -0.05) is 17.3 Å². The molecule has 0 aliphatic heterocycles. The Morgan fingerprint density at radius 3 is 2.55 bits per heavy atom. The molecule has 0 spiro atoms. The molecule has 3 aromatic rings. The molecule has 0 fully saturated rings. The van der Waals surface area contributed by atoms with E-state index in [2.05, 4.69) is 10.3 Å². The van der Waals surface area contributed by atoms with E-state index < -0.39 is 0 Å². The van der Waals surface area contributed by atoms with Gasteiger partial charge < -0.3 is 4.74 Å². The molecule has 0 saturated carbocycles. The van der Waals surface area contributed by atoms with Gasteiger partial charge in [0.05, 0.1) is 18.7 Å². The molecule has 0 aliphatic rings. The van der Waals surface area contributed by atoms with Crippen LogP contribution in [-0.2, 0) is 5.88 Å². The molecule has 0 aliphatic carbocycles. The molecule has 0 saturated heterocycles. The first-order chi connectivity index (χ1) is 10.7. The number of methoxy groups -OCH3 is 1. The number of para-hydroxylation sites is 2. The summed E-state index contributed by atoms with van der Waals surface area (Å²) >= 11 is 5.97. The van der Waals surface area contributed by atoms with Crippen LogP contribution >= 0.6 is 11.6 Å². The van der Waals surface area contributed by atoms with Gasteiger partial charge in [-0.2, -0.15) is 0 Å². The molecule has 0 amide bonds. The van der Waals surface area contributed by atoms with Crippen LogP contribution in [0, 0.1) is 5.82 Å². The summed E-state index contributed by atoms with van der Waals surface area (Å²) in [6, 6.07) is 13.6. The Bertz CT molecular complexity index is 786. The van der Waals surface area contributed by atoms with Crippen LogP contribution in [0.15, 0.2) is 48.5 Å². The monoisotopic (exact) mass is 317 g/mol. The molecule has 6 heteroatoms. The van der Waals surface area contributed by atoms with E-state index in [1.54, 1.807) is 23.9 Å². The summed E-state index contributed by atoms with van der Waals surface area (Å²) in [5, 5.41) is 8.29. The molecule has 3 rings (SSSR count). The lowest BCUT2D eigenvalue weighted by atomic mass is 10.1. The van der Waals surface area contributed by atoms with Crippen molar-refractivity contribution in [3.8, 4) is 22.7 Å². The maximum Gasteiger partial charge on any atom is 0.144 e. The molecule has 1 aromatic heterocycles. The average molecular weight is 318 g/mol. The van der Waals surface area contributed by atoms with Crippen molar-refractivity contribution < 1.29 is 9.13 Å². The number of rotatable bonds is 4. The molecule has 1 heterocycles. The maximum absolute atomic E-state index is 13.2. The van der Waals surface area contributed by atoms with E-state index in [0.717, 1.165) is 16.9 Å². The maximum atomic E-state index is 13.2. The van der Waals surface area contributed by atoms with Gasteiger partial charge in [0.15, 0.2) is 0 Å². The molecular formula is C16H13ClFN3O. The summed E-state index contributed by atoms with van der Waals surface area (Å²) in [7, 11) is 1.59. The predicted octanol–water partition coefficient (Wildman–Crippen LogP) is 3.82. The molecule has 0 unspecified atom stereocenters. The summed E-state index contributed by atoms with van der Waals surface area (Å²) in [6.07, 6.45) is 0. The highest BCUT2D eigenvalue weighted by Crippen LogP contribution is 2.30. The number of hydrogen-bond acceptors (Lipinski definition) is 3. The lowest BCUT2D eigenvalue weighted by molar-refractivity contribution is 0.411. The number of halogens is 2. The minimum Gasteiger partial charge on any atom is -0.494 e. The van der Waals surface area contributed by atoms with Gasteiger partial charge in [-0.3, -0.25) is 0 Å². The van der Waals surface area contributed by atoms with E-state index in [9.17, 15) is 4.39 Å².